The third-order valence-corrected chi connectivity index (χ3v) is 8.42. The van der Waals surface area contributed by atoms with Gasteiger partial charge in [0.2, 0.25) is 8.07 Å². The molecule has 0 radical (unpaired) electrons. The lowest BCUT2D eigenvalue weighted by Gasteiger charge is -2.28. The van der Waals surface area contributed by atoms with E-state index in [9.17, 15) is 0 Å². The molecule has 0 aliphatic carbocycles. The first-order valence-corrected chi connectivity index (χ1v) is 10.5. The van der Waals surface area contributed by atoms with Crippen LogP contribution in [0.15, 0.2) is 91.0 Å². The second-order valence-corrected chi connectivity index (χ2v) is 9.38. The predicted molar refractivity (Wildman–Crippen MR) is 107 cm³/mol. The van der Waals surface area contributed by atoms with E-state index in [1.54, 1.807) is 0 Å². The zero-order valence-electron chi connectivity index (χ0n) is 14.1. The second kappa shape index (κ2) is 7.81. The third-order valence-electron chi connectivity index (χ3n) is 4.27. The Morgan fingerprint density at radius 1 is 0.625 bits per heavy atom. The van der Waals surface area contributed by atoms with Gasteiger partial charge in [0.1, 0.15) is 0 Å². The highest BCUT2D eigenvalue weighted by atomic mass is 28.3. The molecular formula is C23H22Si. The first kappa shape index (κ1) is 16.3. The highest BCUT2D eigenvalue weighted by molar-refractivity contribution is 7.16. The molecule has 3 aromatic carbocycles. The van der Waals surface area contributed by atoms with Gasteiger partial charge in [-0.15, -0.1) is 11.5 Å². The van der Waals surface area contributed by atoms with Crippen LogP contribution in [-0.2, 0) is 0 Å². The van der Waals surface area contributed by atoms with Crippen LogP contribution in [0.4, 0.5) is 0 Å². The van der Waals surface area contributed by atoms with Gasteiger partial charge in [0.15, 0.2) is 0 Å². The number of hydrogen-bond donors (Lipinski definition) is 0. The molecule has 0 aromatic heterocycles. The van der Waals surface area contributed by atoms with Gasteiger partial charge in [-0.1, -0.05) is 97.9 Å². The van der Waals surface area contributed by atoms with Gasteiger partial charge in [0.05, 0.1) is 0 Å². The Labute approximate surface area is 146 Å². The van der Waals surface area contributed by atoms with E-state index in [0.717, 1.165) is 12.8 Å². The Morgan fingerprint density at radius 3 is 1.33 bits per heavy atom. The van der Waals surface area contributed by atoms with Crippen molar-refractivity contribution in [2.45, 2.75) is 19.8 Å². The molecule has 0 N–H and O–H groups in total. The van der Waals surface area contributed by atoms with Crippen LogP contribution in [0.2, 0.25) is 0 Å². The maximum atomic E-state index is 3.77. The van der Waals surface area contributed by atoms with Crippen molar-refractivity contribution in [3.8, 4) is 11.5 Å². The molecule has 3 aromatic rings. The fourth-order valence-electron chi connectivity index (χ4n) is 3.10. The minimum Gasteiger partial charge on any atom is -0.114 e. The molecule has 0 unspecified atom stereocenters. The lowest BCUT2D eigenvalue weighted by molar-refractivity contribution is 0.984. The number of rotatable bonds is 4. The van der Waals surface area contributed by atoms with Gasteiger partial charge >= 0.3 is 0 Å². The Kier molecular flexibility index (Phi) is 5.31. The topological polar surface area (TPSA) is 0 Å². The summed E-state index contributed by atoms with van der Waals surface area (Å²) in [5.74, 6) is 3.48. The summed E-state index contributed by atoms with van der Waals surface area (Å²) in [6.45, 7) is 2.19. The van der Waals surface area contributed by atoms with Gasteiger partial charge < -0.3 is 0 Å². The summed E-state index contributed by atoms with van der Waals surface area (Å²) in [6, 6.07) is 32.5. The number of benzene rings is 3. The van der Waals surface area contributed by atoms with Gasteiger partial charge in [0.25, 0.3) is 0 Å². The Hall–Kier alpha value is -2.56. The van der Waals surface area contributed by atoms with Gasteiger partial charge in [-0.3, -0.25) is 0 Å². The molecule has 3 rings (SSSR count). The lowest BCUT2D eigenvalue weighted by Crippen LogP contribution is -2.66. The normalized spacial score (nSPS) is 10.7. The largest absolute Gasteiger partial charge is 0.229 e. The van der Waals surface area contributed by atoms with Gasteiger partial charge in [-0.05, 0) is 22.0 Å². The monoisotopic (exact) mass is 326 g/mol. The summed E-state index contributed by atoms with van der Waals surface area (Å²) in [7, 11) is -2.32. The predicted octanol–water partition coefficient (Wildman–Crippen LogP) is 3.50. The van der Waals surface area contributed by atoms with Crippen molar-refractivity contribution >= 4 is 23.6 Å². The number of hydrogen-bond acceptors (Lipinski definition) is 0. The summed E-state index contributed by atoms with van der Waals surface area (Å²) in [6.07, 6.45) is 2.04. The first-order valence-electron chi connectivity index (χ1n) is 8.54. The zero-order valence-corrected chi connectivity index (χ0v) is 15.1. The van der Waals surface area contributed by atoms with Crippen LogP contribution in [-0.4, -0.2) is 8.07 Å². The average molecular weight is 327 g/mol. The minimum atomic E-state index is -2.32. The first-order chi connectivity index (χ1) is 11.9. The minimum absolute atomic E-state index is 0.946. The molecule has 0 fully saturated rings. The molecular weight excluding hydrogens is 304 g/mol. The molecule has 0 saturated heterocycles. The fourth-order valence-corrected chi connectivity index (χ4v) is 7.00. The molecule has 0 aliphatic heterocycles. The van der Waals surface area contributed by atoms with E-state index in [2.05, 4.69) is 109 Å². The standard InChI is InChI=1S/C23H22Si/c1-2-3-13-20-24(21-14-7-4-8-15-21,22-16-9-5-10-17-22)23-18-11-6-12-19-23/h4-12,14-19H,2-3H2,1H3. The van der Waals surface area contributed by atoms with Crippen molar-refractivity contribution in [3.05, 3.63) is 91.0 Å². The van der Waals surface area contributed by atoms with Crippen molar-refractivity contribution in [3.63, 3.8) is 0 Å². The van der Waals surface area contributed by atoms with Crippen LogP contribution in [0, 0.1) is 11.5 Å². The van der Waals surface area contributed by atoms with Crippen LogP contribution < -0.4 is 15.6 Å². The quantitative estimate of drug-likeness (QED) is 0.391. The molecule has 0 amide bonds. The van der Waals surface area contributed by atoms with E-state index < -0.39 is 8.07 Å². The molecule has 24 heavy (non-hydrogen) atoms. The molecule has 0 spiro atoms. The highest BCUT2D eigenvalue weighted by Crippen LogP contribution is 2.07. The van der Waals surface area contributed by atoms with E-state index in [1.807, 2.05) is 0 Å². The number of unbranched alkanes of at least 4 members (excludes halogenated alkanes) is 1. The van der Waals surface area contributed by atoms with Crippen molar-refractivity contribution in [1.29, 1.82) is 0 Å². The molecule has 0 bridgehead atoms. The van der Waals surface area contributed by atoms with Crippen LogP contribution >= 0.6 is 0 Å². The van der Waals surface area contributed by atoms with E-state index in [-0.39, 0.29) is 0 Å². The molecule has 1 heteroatoms. The van der Waals surface area contributed by atoms with Gasteiger partial charge in [-0.2, -0.15) is 0 Å². The summed E-state index contributed by atoms with van der Waals surface area (Å²) >= 11 is 0. The molecule has 0 aliphatic rings. The summed E-state index contributed by atoms with van der Waals surface area (Å²) in [5.41, 5.74) is 3.77. The fraction of sp³-hybridized carbons (Fsp3) is 0.130. The Balaban J connectivity index is 2.31. The maximum Gasteiger partial charge on any atom is 0.229 e. The van der Waals surface area contributed by atoms with Crippen molar-refractivity contribution in [2.24, 2.45) is 0 Å². The maximum absolute atomic E-state index is 3.77. The summed E-state index contributed by atoms with van der Waals surface area (Å²) in [4.78, 5) is 0. The van der Waals surface area contributed by atoms with Crippen molar-refractivity contribution in [1.82, 2.24) is 0 Å². The van der Waals surface area contributed by atoms with E-state index in [4.69, 9.17) is 0 Å². The molecule has 118 valence electrons. The van der Waals surface area contributed by atoms with Crippen molar-refractivity contribution in [2.75, 3.05) is 0 Å². The van der Waals surface area contributed by atoms with Gasteiger partial charge in [-0.25, -0.2) is 0 Å². The van der Waals surface area contributed by atoms with Crippen LogP contribution in [0.25, 0.3) is 0 Å². The second-order valence-electron chi connectivity index (χ2n) is 5.90. The Bertz CT molecular complexity index is 715. The van der Waals surface area contributed by atoms with Crippen molar-refractivity contribution < 1.29 is 0 Å². The van der Waals surface area contributed by atoms with Crippen LogP contribution in [0.1, 0.15) is 19.8 Å². The SMILES string of the molecule is CCCC#C[Si](c1ccccc1)(c1ccccc1)c1ccccc1. The van der Waals surface area contributed by atoms with E-state index in [1.165, 1.54) is 15.6 Å². The van der Waals surface area contributed by atoms with E-state index >= 15 is 0 Å². The van der Waals surface area contributed by atoms with E-state index in [0.29, 0.717) is 0 Å². The molecule has 0 atom stereocenters. The molecule has 0 heterocycles. The van der Waals surface area contributed by atoms with Crippen LogP contribution in [0.5, 0.6) is 0 Å². The lowest BCUT2D eigenvalue weighted by atomic mass is 10.3. The molecule has 0 saturated carbocycles. The smallest absolute Gasteiger partial charge is 0.114 e. The Morgan fingerprint density at radius 2 is 1.00 bits per heavy atom. The van der Waals surface area contributed by atoms with Crippen LogP contribution in [0.3, 0.4) is 0 Å². The van der Waals surface area contributed by atoms with Gasteiger partial charge in [0, 0.05) is 6.42 Å². The zero-order chi connectivity index (χ0) is 16.7. The average Bonchev–Trinajstić information content (AvgIpc) is 2.68. The molecule has 0 nitrogen and oxygen atoms in total. The highest BCUT2D eigenvalue weighted by Gasteiger charge is 2.37. The summed E-state index contributed by atoms with van der Waals surface area (Å²) < 4.78 is 0. The summed E-state index contributed by atoms with van der Waals surface area (Å²) in [5, 5.41) is 4.06. The third kappa shape index (κ3) is 3.20.